The summed E-state index contributed by atoms with van der Waals surface area (Å²) in [6.07, 6.45) is 3.52. The number of carbonyl (C=O) groups excluding carboxylic acids is 1. The summed E-state index contributed by atoms with van der Waals surface area (Å²) in [7, 11) is 0. The molecular formula is C20H17NOS2. The number of nitrogens with zero attached hydrogens (tertiary/aromatic N) is 1. The molecule has 3 aromatic rings. The molecule has 4 heteroatoms. The van der Waals surface area contributed by atoms with Crippen molar-refractivity contribution in [2.75, 3.05) is 6.26 Å². The Morgan fingerprint density at radius 3 is 2.29 bits per heavy atom. The third kappa shape index (κ3) is 3.66. The predicted molar refractivity (Wildman–Crippen MR) is 104 cm³/mol. The van der Waals surface area contributed by atoms with E-state index in [4.69, 9.17) is 4.98 Å². The van der Waals surface area contributed by atoms with Crippen LogP contribution in [0.15, 0.2) is 66.7 Å². The lowest BCUT2D eigenvalue weighted by atomic mass is 10.0. The fourth-order valence-corrected chi connectivity index (χ4v) is 3.69. The second-order valence-corrected chi connectivity index (χ2v) is 7.24. The first-order valence-corrected chi connectivity index (χ1v) is 9.61. The number of rotatable bonds is 4. The van der Waals surface area contributed by atoms with E-state index in [0.29, 0.717) is 0 Å². The summed E-state index contributed by atoms with van der Waals surface area (Å²) in [6.45, 7) is 2.00. The highest BCUT2D eigenvalue weighted by Gasteiger charge is 2.17. The highest BCUT2D eigenvalue weighted by molar-refractivity contribution is 8.13. The van der Waals surface area contributed by atoms with E-state index in [1.54, 1.807) is 23.7 Å². The Morgan fingerprint density at radius 2 is 1.67 bits per heavy atom. The van der Waals surface area contributed by atoms with Crippen LogP contribution in [0.1, 0.15) is 15.4 Å². The van der Waals surface area contributed by atoms with Crippen LogP contribution in [-0.4, -0.2) is 16.4 Å². The van der Waals surface area contributed by atoms with E-state index in [1.165, 1.54) is 11.8 Å². The molecule has 0 amide bonds. The summed E-state index contributed by atoms with van der Waals surface area (Å²) in [6, 6.07) is 20.1. The molecule has 24 heavy (non-hydrogen) atoms. The van der Waals surface area contributed by atoms with Crippen LogP contribution >= 0.6 is 23.1 Å². The predicted octanol–water partition coefficient (Wildman–Crippen LogP) is 5.44. The largest absolute Gasteiger partial charge is 0.282 e. The fraction of sp³-hybridized carbons (Fsp3) is 0.100. The molecular weight excluding hydrogens is 334 g/mol. The van der Waals surface area contributed by atoms with Crippen LogP contribution in [0, 0.1) is 6.92 Å². The summed E-state index contributed by atoms with van der Waals surface area (Å²) in [5.41, 5.74) is 3.96. The Labute approximate surface area is 150 Å². The van der Waals surface area contributed by atoms with Crippen molar-refractivity contribution in [3.05, 3.63) is 82.2 Å². The van der Waals surface area contributed by atoms with Crippen molar-refractivity contribution < 1.29 is 4.79 Å². The van der Waals surface area contributed by atoms with Gasteiger partial charge in [-0.1, -0.05) is 72.4 Å². The maximum Gasteiger partial charge on any atom is 0.212 e. The standard InChI is InChI=1S/C20H17NOS2/c1-14-21-19(16-11-7-4-8-12-16)20(24-14)17(13-18(22)23-2)15-9-5-3-6-10-15/h3-13H,1-2H3/b17-13+. The summed E-state index contributed by atoms with van der Waals surface area (Å²) in [4.78, 5) is 17.8. The molecule has 0 saturated carbocycles. The van der Waals surface area contributed by atoms with Gasteiger partial charge in [0.25, 0.3) is 0 Å². The van der Waals surface area contributed by atoms with Crippen molar-refractivity contribution in [1.29, 1.82) is 0 Å². The minimum atomic E-state index is 0.0407. The number of carbonyl (C=O) groups is 1. The Hall–Kier alpha value is -2.17. The van der Waals surface area contributed by atoms with Gasteiger partial charge in [0.15, 0.2) is 0 Å². The average molecular weight is 351 g/mol. The fourth-order valence-electron chi connectivity index (χ4n) is 2.48. The van der Waals surface area contributed by atoms with E-state index < -0.39 is 0 Å². The number of hydrogen-bond donors (Lipinski definition) is 0. The average Bonchev–Trinajstić information content (AvgIpc) is 3.02. The van der Waals surface area contributed by atoms with Crippen LogP contribution in [0.3, 0.4) is 0 Å². The first-order valence-electron chi connectivity index (χ1n) is 7.57. The normalized spacial score (nSPS) is 11.5. The number of hydrogen-bond acceptors (Lipinski definition) is 4. The van der Waals surface area contributed by atoms with Gasteiger partial charge in [0, 0.05) is 17.2 Å². The van der Waals surface area contributed by atoms with Crippen LogP contribution in [0.4, 0.5) is 0 Å². The maximum atomic E-state index is 12.1. The molecule has 0 unspecified atom stereocenters. The van der Waals surface area contributed by atoms with Gasteiger partial charge in [0.1, 0.15) is 0 Å². The highest BCUT2D eigenvalue weighted by atomic mass is 32.2. The molecule has 120 valence electrons. The number of benzene rings is 2. The van der Waals surface area contributed by atoms with E-state index in [2.05, 4.69) is 12.1 Å². The first kappa shape index (κ1) is 16.7. The van der Waals surface area contributed by atoms with Crippen LogP contribution in [0.2, 0.25) is 0 Å². The van der Waals surface area contributed by atoms with Crippen LogP contribution in [0.25, 0.3) is 16.8 Å². The Kier molecular flexibility index (Phi) is 5.28. The molecule has 0 saturated heterocycles. The Morgan fingerprint density at radius 1 is 1.04 bits per heavy atom. The molecule has 0 atom stereocenters. The van der Waals surface area contributed by atoms with E-state index in [1.807, 2.05) is 55.5 Å². The molecule has 0 radical (unpaired) electrons. The molecule has 0 bridgehead atoms. The van der Waals surface area contributed by atoms with Crippen molar-refractivity contribution in [2.24, 2.45) is 0 Å². The van der Waals surface area contributed by atoms with Crippen molar-refractivity contribution in [1.82, 2.24) is 4.98 Å². The van der Waals surface area contributed by atoms with Crippen LogP contribution < -0.4 is 0 Å². The number of aromatic nitrogens is 1. The minimum Gasteiger partial charge on any atom is -0.282 e. The lowest BCUT2D eigenvalue weighted by molar-refractivity contribution is -0.106. The van der Waals surface area contributed by atoms with E-state index in [0.717, 1.165) is 32.3 Å². The Bertz CT molecular complexity index is 867. The van der Waals surface area contributed by atoms with Gasteiger partial charge in [-0.25, -0.2) is 4.98 Å². The van der Waals surface area contributed by atoms with Crippen LogP contribution in [-0.2, 0) is 4.79 Å². The van der Waals surface area contributed by atoms with Gasteiger partial charge in [-0.3, -0.25) is 4.79 Å². The van der Waals surface area contributed by atoms with Gasteiger partial charge >= 0.3 is 0 Å². The molecule has 0 aliphatic carbocycles. The Balaban J connectivity index is 2.20. The number of thioether (sulfide) groups is 1. The van der Waals surface area contributed by atoms with Crippen molar-refractivity contribution in [2.45, 2.75) is 6.92 Å². The van der Waals surface area contributed by atoms with Crippen LogP contribution in [0.5, 0.6) is 0 Å². The third-order valence-corrected chi connectivity index (χ3v) is 5.10. The first-order chi connectivity index (χ1) is 11.7. The summed E-state index contributed by atoms with van der Waals surface area (Å²) < 4.78 is 0. The maximum absolute atomic E-state index is 12.1. The number of aryl methyl sites for hydroxylation is 1. The molecule has 0 spiro atoms. The molecule has 0 aliphatic rings. The van der Waals surface area contributed by atoms with Gasteiger partial charge in [0.05, 0.1) is 15.6 Å². The zero-order chi connectivity index (χ0) is 16.9. The van der Waals surface area contributed by atoms with Crippen molar-refractivity contribution >= 4 is 33.8 Å². The second-order valence-electron chi connectivity index (χ2n) is 5.22. The molecule has 0 aliphatic heterocycles. The second kappa shape index (κ2) is 7.60. The molecule has 1 heterocycles. The molecule has 1 aromatic heterocycles. The highest BCUT2D eigenvalue weighted by Crippen LogP contribution is 2.37. The lowest BCUT2D eigenvalue weighted by Gasteiger charge is -2.08. The smallest absolute Gasteiger partial charge is 0.212 e. The molecule has 0 fully saturated rings. The van der Waals surface area contributed by atoms with Gasteiger partial charge in [-0.15, -0.1) is 11.3 Å². The van der Waals surface area contributed by atoms with E-state index in [9.17, 15) is 4.79 Å². The molecule has 2 nitrogen and oxygen atoms in total. The topological polar surface area (TPSA) is 30.0 Å². The summed E-state index contributed by atoms with van der Waals surface area (Å²) in [5.74, 6) is 0. The van der Waals surface area contributed by atoms with E-state index >= 15 is 0 Å². The third-order valence-electron chi connectivity index (χ3n) is 3.57. The molecule has 3 rings (SSSR count). The van der Waals surface area contributed by atoms with E-state index in [-0.39, 0.29) is 5.12 Å². The quantitative estimate of drug-likeness (QED) is 0.586. The molecule has 0 N–H and O–H groups in total. The number of thiazole rings is 1. The monoisotopic (exact) mass is 351 g/mol. The van der Waals surface area contributed by atoms with Crippen molar-refractivity contribution in [3.63, 3.8) is 0 Å². The zero-order valence-electron chi connectivity index (χ0n) is 13.5. The molecule has 2 aromatic carbocycles. The van der Waals surface area contributed by atoms with Gasteiger partial charge in [0.2, 0.25) is 5.12 Å². The minimum absolute atomic E-state index is 0.0407. The zero-order valence-corrected chi connectivity index (χ0v) is 15.2. The van der Waals surface area contributed by atoms with Gasteiger partial charge < -0.3 is 0 Å². The summed E-state index contributed by atoms with van der Waals surface area (Å²) in [5, 5.41) is 1.03. The SMILES string of the molecule is CSC(=O)/C=C(\c1ccccc1)c1sc(C)nc1-c1ccccc1. The van der Waals surface area contributed by atoms with Crippen molar-refractivity contribution in [3.8, 4) is 11.3 Å². The summed E-state index contributed by atoms with van der Waals surface area (Å²) >= 11 is 2.84. The van der Waals surface area contributed by atoms with Gasteiger partial charge in [-0.05, 0) is 18.7 Å². The lowest BCUT2D eigenvalue weighted by Crippen LogP contribution is -1.93. The van der Waals surface area contributed by atoms with Gasteiger partial charge in [-0.2, -0.15) is 0 Å².